The summed E-state index contributed by atoms with van der Waals surface area (Å²) in [5.74, 6) is -0.408. The molecule has 4 heteroatoms. The molecule has 0 aliphatic rings. The summed E-state index contributed by atoms with van der Waals surface area (Å²) < 4.78 is 13.3. The van der Waals surface area contributed by atoms with E-state index in [9.17, 15) is 4.39 Å². The Balaban J connectivity index is 2.01. The highest BCUT2D eigenvalue weighted by Gasteiger charge is 2.08. The zero-order valence-corrected chi connectivity index (χ0v) is 11.8. The minimum atomic E-state index is -0.408. The Kier molecular flexibility index (Phi) is 4.81. The van der Waals surface area contributed by atoms with Crippen LogP contribution in [0.25, 0.3) is 0 Å². The molecule has 0 fully saturated rings. The summed E-state index contributed by atoms with van der Waals surface area (Å²) in [6.45, 7) is 0. The summed E-state index contributed by atoms with van der Waals surface area (Å²) >= 11 is 11.6. The molecule has 0 aliphatic carbocycles. The summed E-state index contributed by atoms with van der Waals surface area (Å²) in [6, 6.07) is 12.3. The van der Waals surface area contributed by atoms with E-state index in [0.29, 0.717) is 17.9 Å². The fourth-order valence-corrected chi connectivity index (χ4v) is 2.34. The van der Waals surface area contributed by atoms with Gasteiger partial charge >= 0.3 is 0 Å². The lowest BCUT2D eigenvalue weighted by atomic mass is 10.00. The van der Waals surface area contributed by atoms with Gasteiger partial charge in [0.1, 0.15) is 5.82 Å². The SMILES string of the molecule is NC(Cc1cccc(Cl)c1)Cc1ccc(Cl)c(F)c1. The van der Waals surface area contributed by atoms with Crippen molar-refractivity contribution in [3.8, 4) is 0 Å². The zero-order valence-electron chi connectivity index (χ0n) is 10.2. The van der Waals surface area contributed by atoms with E-state index in [0.717, 1.165) is 11.1 Å². The summed E-state index contributed by atoms with van der Waals surface area (Å²) in [7, 11) is 0. The fourth-order valence-electron chi connectivity index (χ4n) is 2.01. The van der Waals surface area contributed by atoms with Crippen LogP contribution in [0.4, 0.5) is 4.39 Å². The van der Waals surface area contributed by atoms with Crippen molar-refractivity contribution in [1.29, 1.82) is 0 Å². The van der Waals surface area contributed by atoms with E-state index >= 15 is 0 Å². The number of halogens is 3. The molecule has 0 amide bonds. The second kappa shape index (κ2) is 6.38. The van der Waals surface area contributed by atoms with Crippen LogP contribution in [0.2, 0.25) is 10.0 Å². The standard InChI is InChI=1S/C15H14Cl2FN/c16-12-3-1-2-10(6-12)7-13(19)8-11-4-5-14(17)15(18)9-11/h1-6,9,13H,7-8,19H2. The molecule has 2 rings (SSSR count). The van der Waals surface area contributed by atoms with Crippen molar-refractivity contribution in [2.24, 2.45) is 5.73 Å². The molecule has 0 aliphatic heterocycles. The average Bonchev–Trinajstić information content (AvgIpc) is 2.34. The van der Waals surface area contributed by atoms with Gasteiger partial charge in [0.15, 0.2) is 0 Å². The quantitative estimate of drug-likeness (QED) is 0.897. The maximum absolute atomic E-state index is 13.3. The van der Waals surface area contributed by atoms with Crippen LogP contribution in [0.3, 0.4) is 0 Å². The smallest absolute Gasteiger partial charge is 0.142 e. The van der Waals surface area contributed by atoms with Crippen LogP contribution < -0.4 is 5.73 Å². The van der Waals surface area contributed by atoms with E-state index in [-0.39, 0.29) is 11.1 Å². The second-order valence-electron chi connectivity index (χ2n) is 4.55. The van der Waals surface area contributed by atoms with Crippen LogP contribution in [-0.4, -0.2) is 6.04 Å². The third-order valence-corrected chi connectivity index (χ3v) is 3.41. The lowest BCUT2D eigenvalue weighted by Gasteiger charge is -2.12. The average molecular weight is 298 g/mol. The van der Waals surface area contributed by atoms with E-state index < -0.39 is 5.82 Å². The van der Waals surface area contributed by atoms with Crippen molar-refractivity contribution in [3.63, 3.8) is 0 Å². The molecule has 0 bridgehead atoms. The van der Waals surface area contributed by atoms with Gasteiger partial charge in [0.25, 0.3) is 0 Å². The summed E-state index contributed by atoms with van der Waals surface area (Å²) in [5, 5.41) is 0.828. The molecule has 2 N–H and O–H groups in total. The first-order chi connectivity index (χ1) is 9.04. The van der Waals surface area contributed by atoms with Gasteiger partial charge in [-0.15, -0.1) is 0 Å². The number of hydrogen-bond acceptors (Lipinski definition) is 1. The highest BCUT2D eigenvalue weighted by Crippen LogP contribution is 2.17. The van der Waals surface area contributed by atoms with Gasteiger partial charge < -0.3 is 5.73 Å². The van der Waals surface area contributed by atoms with Crippen LogP contribution in [-0.2, 0) is 12.8 Å². The van der Waals surface area contributed by atoms with Crippen LogP contribution in [0.1, 0.15) is 11.1 Å². The molecule has 1 atom stereocenters. The molecule has 0 heterocycles. The van der Waals surface area contributed by atoms with E-state index in [1.807, 2.05) is 24.3 Å². The molecular weight excluding hydrogens is 284 g/mol. The molecule has 100 valence electrons. The van der Waals surface area contributed by atoms with Gasteiger partial charge in [-0.1, -0.05) is 41.4 Å². The van der Waals surface area contributed by atoms with Crippen molar-refractivity contribution in [3.05, 3.63) is 69.5 Å². The first kappa shape index (κ1) is 14.3. The lowest BCUT2D eigenvalue weighted by molar-refractivity contribution is 0.618. The van der Waals surface area contributed by atoms with Gasteiger partial charge in [-0.2, -0.15) is 0 Å². The van der Waals surface area contributed by atoms with Gasteiger partial charge in [0, 0.05) is 11.1 Å². The Bertz CT molecular complexity index is 572. The molecule has 0 saturated carbocycles. The van der Waals surface area contributed by atoms with Crippen molar-refractivity contribution in [2.45, 2.75) is 18.9 Å². The van der Waals surface area contributed by atoms with Crippen LogP contribution in [0.5, 0.6) is 0 Å². The Morgan fingerprint density at radius 3 is 2.32 bits per heavy atom. The van der Waals surface area contributed by atoms with Crippen LogP contribution in [0.15, 0.2) is 42.5 Å². The van der Waals surface area contributed by atoms with Gasteiger partial charge in [-0.05, 0) is 48.2 Å². The molecule has 0 radical (unpaired) electrons. The molecular formula is C15H14Cl2FN. The molecule has 1 unspecified atom stereocenters. The molecule has 0 aromatic heterocycles. The summed E-state index contributed by atoms with van der Waals surface area (Å²) in [4.78, 5) is 0. The normalized spacial score (nSPS) is 12.4. The highest BCUT2D eigenvalue weighted by atomic mass is 35.5. The lowest BCUT2D eigenvalue weighted by Crippen LogP contribution is -2.25. The Morgan fingerprint density at radius 2 is 1.68 bits per heavy atom. The first-order valence-electron chi connectivity index (χ1n) is 5.98. The van der Waals surface area contributed by atoms with E-state index in [1.165, 1.54) is 6.07 Å². The van der Waals surface area contributed by atoms with Gasteiger partial charge in [-0.3, -0.25) is 0 Å². The third kappa shape index (κ3) is 4.20. The molecule has 19 heavy (non-hydrogen) atoms. The molecule has 2 aromatic carbocycles. The zero-order chi connectivity index (χ0) is 13.8. The molecule has 0 spiro atoms. The van der Waals surface area contributed by atoms with Gasteiger partial charge in [0.2, 0.25) is 0 Å². The predicted molar refractivity (Wildman–Crippen MR) is 78.2 cm³/mol. The molecule has 1 nitrogen and oxygen atoms in total. The van der Waals surface area contributed by atoms with Gasteiger partial charge in [0.05, 0.1) is 5.02 Å². The minimum Gasteiger partial charge on any atom is -0.327 e. The minimum absolute atomic E-state index is 0.0842. The highest BCUT2D eigenvalue weighted by molar-refractivity contribution is 6.30. The number of benzene rings is 2. The van der Waals surface area contributed by atoms with Crippen molar-refractivity contribution < 1.29 is 4.39 Å². The van der Waals surface area contributed by atoms with Crippen LogP contribution >= 0.6 is 23.2 Å². The Labute approximate surface area is 122 Å². The maximum Gasteiger partial charge on any atom is 0.142 e. The van der Waals surface area contributed by atoms with E-state index in [4.69, 9.17) is 28.9 Å². The maximum atomic E-state index is 13.3. The fraction of sp³-hybridized carbons (Fsp3) is 0.200. The Morgan fingerprint density at radius 1 is 1.00 bits per heavy atom. The number of nitrogens with two attached hydrogens (primary N) is 1. The third-order valence-electron chi connectivity index (χ3n) is 2.87. The van der Waals surface area contributed by atoms with E-state index in [1.54, 1.807) is 12.1 Å². The summed E-state index contributed by atoms with van der Waals surface area (Å²) in [6.07, 6.45) is 1.30. The summed E-state index contributed by atoms with van der Waals surface area (Å²) in [5.41, 5.74) is 8.00. The van der Waals surface area contributed by atoms with Crippen molar-refractivity contribution in [2.75, 3.05) is 0 Å². The predicted octanol–water partition coefficient (Wildman–Crippen LogP) is 4.25. The first-order valence-corrected chi connectivity index (χ1v) is 6.74. The number of rotatable bonds is 4. The Hall–Kier alpha value is -1.09. The van der Waals surface area contributed by atoms with Gasteiger partial charge in [-0.25, -0.2) is 4.39 Å². The van der Waals surface area contributed by atoms with Crippen LogP contribution in [0, 0.1) is 5.82 Å². The molecule has 2 aromatic rings. The number of hydrogen-bond donors (Lipinski definition) is 1. The van der Waals surface area contributed by atoms with E-state index in [2.05, 4.69) is 0 Å². The van der Waals surface area contributed by atoms with Crippen molar-refractivity contribution in [1.82, 2.24) is 0 Å². The topological polar surface area (TPSA) is 26.0 Å². The largest absolute Gasteiger partial charge is 0.327 e. The van der Waals surface area contributed by atoms with Crippen molar-refractivity contribution >= 4 is 23.2 Å². The monoisotopic (exact) mass is 297 g/mol. The molecule has 0 saturated heterocycles. The second-order valence-corrected chi connectivity index (χ2v) is 5.39.